The van der Waals surface area contributed by atoms with Gasteiger partial charge in [-0.25, -0.2) is 4.68 Å². The van der Waals surface area contributed by atoms with E-state index in [1.165, 1.54) is 11.3 Å². The van der Waals surface area contributed by atoms with Crippen LogP contribution in [-0.2, 0) is 13.0 Å². The van der Waals surface area contributed by atoms with E-state index in [1.807, 2.05) is 28.9 Å². The molecule has 2 aromatic rings. The lowest BCUT2D eigenvalue weighted by Crippen LogP contribution is -2.25. The van der Waals surface area contributed by atoms with Crippen molar-refractivity contribution in [2.24, 2.45) is 0 Å². The maximum Gasteiger partial charge on any atom is 0.0991 e. The molecule has 0 fully saturated rings. The third-order valence-electron chi connectivity index (χ3n) is 3.38. The number of fused-ring (bicyclic) bond motifs is 1. The van der Waals surface area contributed by atoms with E-state index in [-0.39, 0.29) is 0 Å². The van der Waals surface area contributed by atoms with Crippen molar-refractivity contribution >= 4 is 0 Å². The Hall–Kier alpha value is -2.12. The van der Waals surface area contributed by atoms with Crippen LogP contribution in [0.3, 0.4) is 0 Å². The van der Waals surface area contributed by atoms with Gasteiger partial charge >= 0.3 is 0 Å². The lowest BCUT2D eigenvalue weighted by atomic mass is 10.1. The zero-order valence-corrected chi connectivity index (χ0v) is 10.3. The van der Waals surface area contributed by atoms with Crippen LogP contribution in [0.15, 0.2) is 24.3 Å². The van der Waals surface area contributed by atoms with Gasteiger partial charge in [-0.1, -0.05) is 0 Å². The fourth-order valence-corrected chi connectivity index (χ4v) is 2.43. The highest BCUT2D eigenvalue weighted by Gasteiger charge is 2.18. The van der Waals surface area contributed by atoms with Gasteiger partial charge in [0.25, 0.3) is 0 Å². The number of aryl methyl sites for hydroxylation is 1. The average molecular weight is 238 g/mol. The highest BCUT2D eigenvalue weighted by atomic mass is 15.3. The largest absolute Gasteiger partial charge is 0.311 e. The second-order valence-electron chi connectivity index (χ2n) is 4.51. The van der Waals surface area contributed by atoms with Gasteiger partial charge in [-0.05, 0) is 49.7 Å². The first kappa shape index (κ1) is 11.0. The molecule has 0 radical (unpaired) electrons. The minimum atomic E-state index is 0.676. The van der Waals surface area contributed by atoms with Gasteiger partial charge in [0, 0.05) is 6.54 Å². The van der Waals surface area contributed by atoms with Crippen LogP contribution in [0.2, 0.25) is 0 Å². The molecule has 0 spiro atoms. The van der Waals surface area contributed by atoms with Gasteiger partial charge in [0.1, 0.15) is 0 Å². The fraction of sp³-hybridized carbons (Fsp3) is 0.286. The van der Waals surface area contributed by atoms with Gasteiger partial charge in [0.05, 0.1) is 28.7 Å². The van der Waals surface area contributed by atoms with E-state index in [9.17, 15) is 0 Å². The topological polar surface area (TPSA) is 53.6 Å². The average Bonchev–Trinajstić information content (AvgIpc) is 2.77. The van der Waals surface area contributed by atoms with Crippen LogP contribution < -0.4 is 5.32 Å². The first-order valence-electron chi connectivity index (χ1n) is 6.08. The molecule has 0 saturated heterocycles. The molecule has 18 heavy (non-hydrogen) atoms. The Kier molecular flexibility index (Phi) is 2.62. The number of hydrogen-bond acceptors (Lipinski definition) is 3. The van der Waals surface area contributed by atoms with E-state index in [1.54, 1.807) is 0 Å². The molecule has 1 aromatic heterocycles. The number of nitriles is 1. The fourth-order valence-electron chi connectivity index (χ4n) is 2.43. The van der Waals surface area contributed by atoms with Crippen LogP contribution >= 0.6 is 0 Å². The SMILES string of the molecule is Cc1nn(-c2ccc(C#N)cc2)c2c1CCNC2. The maximum absolute atomic E-state index is 8.81. The minimum Gasteiger partial charge on any atom is -0.311 e. The summed E-state index contributed by atoms with van der Waals surface area (Å²) in [6.45, 7) is 3.94. The predicted octanol–water partition coefficient (Wildman–Crippen LogP) is 1.70. The summed E-state index contributed by atoms with van der Waals surface area (Å²) >= 11 is 0. The smallest absolute Gasteiger partial charge is 0.0991 e. The zero-order chi connectivity index (χ0) is 12.5. The Morgan fingerprint density at radius 1 is 1.33 bits per heavy atom. The molecule has 0 unspecified atom stereocenters. The molecular formula is C14H14N4. The van der Waals surface area contributed by atoms with Crippen molar-refractivity contribution in [3.05, 3.63) is 46.8 Å². The zero-order valence-electron chi connectivity index (χ0n) is 10.3. The molecule has 0 saturated carbocycles. The Bertz CT molecular complexity index is 616. The van der Waals surface area contributed by atoms with Gasteiger partial charge in [-0.3, -0.25) is 0 Å². The van der Waals surface area contributed by atoms with Crippen molar-refractivity contribution in [1.29, 1.82) is 5.26 Å². The van der Waals surface area contributed by atoms with Crippen molar-refractivity contribution in [3.8, 4) is 11.8 Å². The van der Waals surface area contributed by atoms with Gasteiger partial charge in [0.15, 0.2) is 0 Å². The third-order valence-corrected chi connectivity index (χ3v) is 3.38. The summed E-state index contributed by atoms with van der Waals surface area (Å²) in [6.07, 6.45) is 1.04. The van der Waals surface area contributed by atoms with Gasteiger partial charge in [-0.2, -0.15) is 10.4 Å². The lowest BCUT2D eigenvalue weighted by Gasteiger charge is -2.15. The summed E-state index contributed by atoms with van der Waals surface area (Å²) in [5, 5.41) is 16.8. The Labute approximate surface area is 106 Å². The van der Waals surface area contributed by atoms with Crippen molar-refractivity contribution in [2.45, 2.75) is 19.9 Å². The Balaban J connectivity index is 2.08. The predicted molar refractivity (Wildman–Crippen MR) is 68.4 cm³/mol. The molecule has 1 aliphatic heterocycles. The Morgan fingerprint density at radius 3 is 2.83 bits per heavy atom. The molecule has 4 nitrogen and oxygen atoms in total. The number of rotatable bonds is 1. The molecule has 4 heteroatoms. The van der Waals surface area contributed by atoms with E-state index in [4.69, 9.17) is 5.26 Å². The molecule has 90 valence electrons. The summed E-state index contributed by atoms with van der Waals surface area (Å²) < 4.78 is 1.98. The molecule has 1 aromatic carbocycles. The van der Waals surface area contributed by atoms with Crippen molar-refractivity contribution < 1.29 is 0 Å². The van der Waals surface area contributed by atoms with E-state index in [0.717, 1.165) is 30.9 Å². The summed E-state index contributed by atoms with van der Waals surface area (Å²) in [6, 6.07) is 9.68. The van der Waals surface area contributed by atoms with Crippen LogP contribution in [-0.4, -0.2) is 16.3 Å². The third kappa shape index (κ3) is 1.69. The van der Waals surface area contributed by atoms with Crippen molar-refractivity contribution in [3.63, 3.8) is 0 Å². The molecular weight excluding hydrogens is 224 g/mol. The normalized spacial score (nSPS) is 14.0. The standard InChI is InChI=1S/C14H14N4/c1-10-13-6-7-16-9-14(13)18(17-10)12-4-2-11(8-15)3-5-12/h2-5,16H,6-7,9H2,1H3. The molecule has 3 rings (SSSR count). The molecule has 2 heterocycles. The molecule has 0 amide bonds. The van der Waals surface area contributed by atoms with Crippen LogP contribution in [0.5, 0.6) is 0 Å². The van der Waals surface area contributed by atoms with Crippen LogP contribution in [0.25, 0.3) is 5.69 Å². The van der Waals surface area contributed by atoms with Crippen molar-refractivity contribution in [1.82, 2.24) is 15.1 Å². The van der Waals surface area contributed by atoms with E-state index >= 15 is 0 Å². The molecule has 0 atom stereocenters. The molecule has 1 aliphatic rings. The maximum atomic E-state index is 8.81. The summed E-state index contributed by atoms with van der Waals surface area (Å²) in [4.78, 5) is 0. The van der Waals surface area contributed by atoms with Gasteiger partial charge in [-0.15, -0.1) is 0 Å². The second-order valence-corrected chi connectivity index (χ2v) is 4.51. The van der Waals surface area contributed by atoms with Crippen LogP contribution in [0, 0.1) is 18.3 Å². The molecule has 0 bridgehead atoms. The van der Waals surface area contributed by atoms with Crippen molar-refractivity contribution in [2.75, 3.05) is 6.54 Å². The summed E-state index contributed by atoms with van der Waals surface area (Å²) in [5.74, 6) is 0. The molecule has 1 N–H and O–H groups in total. The number of benzene rings is 1. The number of nitrogens with one attached hydrogen (secondary N) is 1. The monoisotopic (exact) mass is 238 g/mol. The first-order valence-corrected chi connectivity index (χ1v) is 6.08. The number of nitrogens with zero attached hydrogens (tertiary/aromatic N) is 3. The van der Waals surface area contributed by atoms with E-state index in [0.29, 0.717) is 5.56 Å². The van der Waals surface area contributed by atoms with Crippen LogP contribution in [0.1, 0.15) is 22.5 Å². The summed E-state index contributed by atoms with van der Waals surface area (Å²) in [5.41, 5.74) is 5.40. The highest BCUT2D eigenvalue weighted by molar-refractivity contribution is 5.42. The second kappa shape index (κ2) is 4.28. The van der Waals surface area contributed by atoms with Crippen LogP contribution in [0.4, 0.5) is 0 Å². The quantitative estimate of drug-likeness (QED) is 0.822. The molecule has 0 aliphatic carbocycles. The highest BCUT2D eigenvalue weighted by Crippen LogP contribution is 2.21. The Morgan fingerprint density at radius 2 is 2.11 bits per heavy atom. The minimum absolute atomic E-state index is 0.676. The van der Waals surface area contributed by atoms with E-state index in [2.05, 4.69) is 23.4 Å². The summed E-state index contributed by atoms with van der Waals surface area (Å²) in [7, 11) is 0. The van der Waals surface area contributed by atoms with Gasteiger partial charge in [0.2, 0.25) is 0 Å². The van der Waals surface area contributed by atoms with Gasteiger partial charge < -0.3 is 5.32 Å². The number of hydrogen-bond donors (Lipinski definition) is 1. The van der Waals surface area contributed by atoms with E-state index < -0.39 is 0 Å². The number of aromatic nitrogens is 2. The lowest BCUT2D eigenvalue weighted by molar-refractivity contribution is 0.614. The first-order chi connectivity index (χ1) is 8.79.